The number of carbonyl (C=O) groups excluding carboxylic acids is 2. The number of hydrogen-bond donors (Lipinski definition) is 1. The quantitative estimate of drug-likeness (QED) is 0.671. The van der Waals surface area contributed by atoms with Gasteiger partial charge < -0.3 is 5.32 Å². The summed E-state index contributed by atoms with van der Waals surface area (Å²) in [4.78, 5) is 26.4. The van der Waals surface area contributed by atoms with Crippen molar-refractivity contribution < 1.29 is 9.59 Å². The van der Waals surface area contributed by atoms with Crippen molar-refractivity contribution in [2.75, 3.05) is 10.2 Å². The molecule has 4 rings (SSSR count). The molecule has 1 fully saturated rings. The first kappa shape index (κ1) is 15.8. The van der Waals surface area contributed by atoms with E-state index in [2.05, 4.69) is 21.2 Å². The average Bonchev–Trinajstić information content (AvgIpc) is 2.89. The first-order valence-electron chi connectivity index (χ1n) is 8.00. The summed E-state index contributed by atoms with van der Waals surface area (Å²) in [5, 5.41) is 5.43. The van der Waals surface area contributed by atoms with Crippen LogP contribution < -0.4 is 10.2 Å². The van der Waals surface area contributed by atoms with Crippen LogP contribution in [0.5, 0.6) is 0 Å². The maximum Gasteiger partial charge on any atom is 0.256 e. The molecule has 1 atom stereocenters. The van der Waals surface area contributed by atoms with Crippen molar-refractivity contribution in [2.45, 2.75) is 12.5 Å². The summed E-state index contributed by atoms with van der Waals surface area (Å²) in [5.74, 6) is -0.430. The SMILES string of the molecule is O=C1C[C@H](Nc2ccc3ccccc3c2)C(=O)N1c1ccccc1Br. The van der Waals surface area contributed by atoms with E-state index in [1.54, 1.807) is 6.07 Å². The third-order valence-corrected chi connectivity index (χ3v) is 5.00. The number of fused-ring (bicyclic) bond motifs is 1. The molecule has 0 aromatic heterocycles. The molecule has 1 heterocycles. The molecule has 1 saturated heterocycles. The minimum Gasteiger partial charge on any atom is -0.373 e. The number of imide groups is 1. The predicted octanol–water partition coefficient (Wildman–Crippen LogP) is 4.35. The molecule has 0 spiro atoms. The molecule has 0 radical (unpaired) electrons. The number of rotatable bonds is 3. The first-order chi connectivity index (χ1) is 12.1. The van der Waals surface area contributed by atoms with Crippen molar-refractivity contribution in [2.24, 2.45) is 0 Å². The maximum absolute atomic E-state index is 12.8. The lowest BCUT2D eigenvalue weighted by molar-refractivity contribution is -0.121. The van der Waals surface area contributed by atoms with Crippen LogP contribution in [0.25, 0.3) is 10.8 Å². The zero-order valence-corrected chi connectivity index (χ0v) is 14.9. The molecule has 3 aromatic carbocycles. The summed E-state index contributed by atoms with van der Waals surface area (Å²) in [6.07, 6.45) is 0.146. The third-order valence-electron chi connectivity index (χ3n) is 4.33. The molecule has 0 aliphatic carbocycles. The molecule has 4 nitrogen and oxygen atoms in total. The van der Waals surface area contributed by atoms with E-state index < -0.39 is 6.04 Å². The van der Waals surface area contributed by atoms with Gasteiger partial charge in [0, 0.05) is 10.2 Å². The van der Waals surface area contributed by atoms with Gasteiger partial charge in [0.1, 0.15) is 6.04 Å². The zero-order chi connectivity index (χ0) is 17.4. The Kier molecular flexibility index (Phi) is 4.01. The monoisotopic (exact) mass is 394 g/mol. The molecular weight excluding hydrogens is 380 g/mol. The molecule has 25 heavy (non-hydrogen) atoms. The average molecular weight is 395 g/mol. The van der Waals surface area contributed by atoms with Crippen LogP contribution in [-0.2, 0) is 9.59 Å². The fourth-order valence-electron chi connectivity index (χ4n) is 3.11. The van der Waals surface area contributed by atoms with Crippen molar-refractivity contribution >= 4 is 49.9 Å². The number of carbonyl (C=O) groups is 2. The highest BCUT2D eigenvalue weighted by Crippen LogP contribution is 2.31. The molecule has 1 aliphatic heterocycles. The van der Waals surface area contributed by atoms with E-state index in [9.17, 15) is 9.59 Å². The zero-order valence-electron chi connectivity index (χ0n) is 13.3. The van der Waals surface area contributed by atoms with Gasteiger partial charge in [-0.25, -0.2) is 4.90 Å². The van der Waals surface area contributed by atoms with Gasteiger partial charge in [0.25, 0.3) is 5.91 Å². The molecule has 3 aromatic rings. The van der Waals surface area contributed by atoms with E-state index in [-0.39, 0.29) is 18.2 Å². The van der Waals surface area contributed by atoms with Crippen LogP contribution in [0.3, 0.4) is 0 Å². The number of nitrogens with one attached hydrogen (secondary N) is 1. The number of para-hydroxylation sites is 1. The van der Waals surface area contributed by atoms with E-state index in [1.165, 1.54) is 4.90 Å². The van der Waals surface area contributed by atoms with Crippen LogP contribution in [0.2, 0.25) is 0 Å². The molecule has 1 N–H and O–H groups in total. The number of nitrogens with zero attached hydrogens (tertiary/aromatic N) is 1. The lowest BCUT2D eigenvalue weighted by Crippen LogP contribution is -2.35. The van der Waals surface area contributed by atoms with E-state index in [4.69, 9.17) is 0 Å². The van der Waals surface area contributed by atoms with Crippen LogP contribution in [-0.4, -0.2) is 17.9 Å². The van der Waals surface area contributed by atoms with Crippen LogP contribution in [0.1, 0.15) is 6.42 Å². The van der Waals surface area contributed by atoms with Crippen molar-refractivity contribution in [3.8, 4) is 0 Å². The molecule has 0 bridgehead atoms. The van der Waals surface area contributed by atoms with Gasteiger partial charge in [0.15, 0.2) is 0 Å². The van der Waals surface area contributed by atoms with Crippen molar-refractivity contribution in [1.82, 2.24) is 0 Å². The lowest BCUT2D eigenvalue weighted by atomic mass is 10.1. The molecule has 2 amide bonds. The van der Waals surface area contributed by atoms with Gasteiger partial charge in [-0.2, -0.15) is 0 Å². The Morgan fingerprint density at radius 1 is 0.920 bits per heavy atom. The Hall–Kier alpha value is -2.66. The number of halogens is 1. The second-order valence-electron chi connectivity index (χ2n) is 5.98. The Morgan fingerprint density at radius 3 is 2.44 bits per heavy atom. The van der Waals surface area contributed by atoms with Crippen LogP contribution in [0.15, 0.2) is 71.2 Å². The van der Waals surface area contributed by atoms with Gasteiger partial charge in [-0.05, 0) is 51.0 Å². The largest absolute Gasteiger partial charge is 0.373 e. The first-order valence-corrected chi connectivity index (χ1v) is 8.79. The highest BCUT2D eigenvalue weighted by atomic mass is 79.9. The Balaban J connectivity index is 1.60. The summed E-state index contributed by atoms with van der Waals surface area (Å²) in [5.41, 5.74) is 1.42. The van der Waals surface area contributed by atoms with E-state index >= 15 is 0 Å². The van der Waals surface area contributed by atoms with Gasteiger partial charge >= 0.3 is 0 Å². The number of benzene rings is 3. The molecule has 0 saturated carbocycles. The van der Waals surface area contributed by atoms with Crippen LogP contribution in [0, 0.1) is 0 Å². The highest BCUT2D eigenvalue weighted by molar-refractivity contribution is 9.10. The normalized spacial score (nSPS) is 17.3. The van der Waals surface area contributed by atoms with Gasteiger partial charge in [-0.15, -0.1) is 0 Å². The van der Waals surface area contributed by atoms with Crippen molar-refractivity contribution in [3.05, 3.63) is 71.2 Å². The van der Waals surface area contributed by atoms with E-state index in [0.29, 0.717) is 5.69 Å². The summed E-state index contributed by atoms with van der Waals surface area (Å²) in [6.45, 7) is 0. The van der Waals surface area contributed by atoms with Crippen LogP contribution >= 0.6 is 15.9 Å². The Labute approximate surface area is 153 Å². The molecule has 5 heteroatoms. The second kappa shape index (κ2) is 6.33. The van der Waals surface area contributed by atoms with Crippen molar-refractivity contribution in [3.63, 3.8) is 0 Å². The molecule has 0 unspecified atom stereocenters. The number of anilines is 2. The lowest BCUT2D eigenvalue weighted by Gasteiger charge is -2.17. The molecular formula is C20H15BrN2O2. The smallest absolute Gasteiger partial charge is 0.256 e. The topological polar surface area (TPSA) is 49.4 Å². The van der Waals surface area contributed by atoms with Crippen LogP contribution in [0.4, 0.5) is 11.4 Å². The summed E-state index contributed by atoms with van der Waals surface area (Å²) < 4.78 is 0.725. The number of amides is 2. The fourth-order valence-corrected chi connectivity index (χ4v) is 3.57. The minimum absolute atomic E-state index is 0.146. The summed E-state index contributed by atoms with van der Waals surface area (Å²) in [6, 6.07) is 20.6. The highest BCUT2D eigenvalue weighted by Gasteiger charge is 2.40. The predicted molar refractivity (Wildman–Crippen MR) is 103 cm³/mol. The van der Waals surface area contributed by atoms with Gasteiger partial charge in [0.05, 0.1) is 12.1 Å². The fraction of sp³-hybridized carbons (Fsp3) is 0.100. The van der Waals surface area contributed by atoms with Gasteiger partial charge in [-0.1, -0.05) is 42.5 Å². The third kappa shape index (κ3) is 2.91. The summed E-state index contributed by atoms with van der Waals surface area (Å²) >= 11 is 3.41. The standard InChI is InChI=1S/C20H15BrN2O2/c21-16-7-3-4-8-18(16)23-19(24)12-17(20(23)25)22-15-10-9-13-5-1-2-6-14(13)11-15/h1-11,17,22H,12H2/t17-/m0/s1. The van der Waals surface area contributed by atoms with E-state index in [0.717, 1.165) is 20.9 Å². The van der Waals surface area contributed by atoms with Gasteiger partial charge in [-0.3, -0.25) is 9.59 Å². The summed E-state index contributed by atoms with van der Waals surface area (Å²) in [7, 11) is 0. The second-order valence-corrected chi connectivity index (χ2v) is 6.84. The Morgan fingerprint density at radius 2 is 1.64 bits per heavy atom. The minimum atomic E-state index is -0.555. The maximum atomic E-state index is 12.8. The number of hydrogen-bond acceptors (Lipinski definition) is 3. The van der Waals surface area contributed by atoms with Gasteiger partial charge in [0.2, 0.25) is 5.91 Å². The Bertz CT molecular complexity index is 986. The van der Waals surface area contributed by atoms with Crippen molar-refractivity contribution in [1.29, 1.82) is 0 Å². The molecule has 1 aliphatic rings. The molecule has 124 valence electrons. The van der Waals surface area contributed by atoms with E-state index in [1.807, 2.05) is 60.7 Å².